The highest BCUT2D eigenvalue weighted by molar-refractivity contribution is 6.69. The highest BCUT2D eigenvalue weighted by atomic mass is 35.5. The molecule has 0 N–H and O–H groups in total. The number of aliphatic imine (C=N–C) groups is 1. The van der Waals surface area contributed by atoms with Crippen molar-refractivity contribution >= 4 is 22.5 Å². The topological polar surface area (TPSA) is 15.6 Å². The Morgan fingerprint density at radius 2 is 2.24 bits per heavy atom. The lowest BCUT2D eigenvalue weighted by atomic mass is 9.94. The minimum Gasteiger partial charge on any atom is -0.326 e. The van der Waals surface area contributed by atoms with Crippen LogP contribution in [0, 0.1) is 6.92 Å². The first-order chi connectivity index (χ1) is 8.15. The molecule has 1 aromatic carbocycles. The largest absolute Gasteiger partial charge is 0.326 e. The molecule has 2 heterocycles. The molecule has 2 nitrogen and oxygen atoms in total. The number of fused-ring (bicyclic) bond motifs is 3. The van der Waals surface area contributed by atoms with E-state index in [1.807, 2.05) is 6.08 Å². The molecule has 2 aliphatic rings. The molecule has 0 radical (unpaired) electrons. The van der Waals surface area contributed by atoms with Crippen LogP contribution < -0.4 is 0 Å². The molecular weight excluding hydrogens is 232 g/mol. The summed E-state index contributed by atoms with van der Waals surface area (Å²) in [5, 5.41) is 0.509. The number of hydrogen-bond acceptors (Lipinski definition) is 2. The third kappa shape index (κ3) is 1.69. The van der Waals surface area contributed by atoms with E-state index in [9.17, 15) is 0 Å². The van der Waals surface area contributed by atoms with Crippen molar-refractivity contribution in [2.45, 2.75) is 13.3 Å². The van der Waals surface area contributed by atoms with Crippen LogP contribution in [-0.2, 0) is 6.42 Å². The molecule has 0 bridgehead atoms. The second-order valence-corrected chi connectivity index (χ2v) is 4.83. The number of nitrogens with zero attached hydrogens (tertiary/aromatic N) is 2. The maximum Gasteiger partial charge on any atom is 0.133 e. The summed E-state index contributed by atoms with van der Waals surface area (Å²) in [5.41, 5.74) is 5.05. The van der Waals surface area contributed by atoms with Crippen LogP contribution in [0.3, 0.4) is 0 Å². The van der Waals surface area contributed by atoms with Crippen molar-refractivity contribution in [2.75, 3.05) is 6.54 Å². The van der Waals surface area contributed by atoms with Crippen LogP contribution in [-0.4, -0.2) is 16.6 Å². The SMILES string of the molecule is C=C1N=C(Cl)C=C2c3ccc(C)cc3CCN12. The van der Waals surface area contributed by atoms with Gasteiger partial charge in [-0.15, -0.1) is 0 Å². The molecule has 0 amide bonds. The van der Waals surface area contributed by atoms with Crippen molar-refractivity contribution in [3.8, 4) is 0 Å². The maximum atomic E-state index is 6.02. The molecule has 0 atom stereocenters. The van der Waals surface area contributed by atoms with E-state index in [1.165, 1.54) is 16.7 Å². The lowest BCUT2D eigenvalue weighted by molar-refractivity contribution is 0.471. The van der Waals surface area contributed by atoms with Crippen molar-refractivity contribution < 1.29 is 0 Å². The van der Waals surface area contributed by atoms with E-state index in [4.69, 9.17) is 11.6 Å². The second kappa shape index (κ2) is 3.74. The van der Waals surface area contributed by atoms with Gasteiger partial charge in [-0.3, -0.25) is 0 Å². The molecule has 0 unspecified atom stereocenters. The van der Waals surface area contributed by atoms with Gasteiger partial charge >= 0.3 is 0 Å². The molecular formula is C14H13ClN2. The van der Waals surface area contributed by atoms with E-state index in [0.29, 0.717) is 5.17 Å². The third-order valence-electron chi connectivity index (χ3n) is 3.24. The van der Waals surface area contributed by atoms with Crippen LogP contribution in [0.1, 0.15) is 16.7 Å². The standard InChI is InChI=1S/C14H13ClN2/c1-9-3-4-12-11(7-9)5-6-17-10(2)16-14(15)8-13(12)17/h3-4,7-8H,2,5-6H2,1H3. The van der Waals surface area contributed by atoms with Crippen LogP contribution in [0.15, 0.2) is 41.7 Å². The van der Waals surface area contributed by atoms with Crippen molar-refractivity contribution in [1.29, 1.82) is 0 Å². The molecule has 3 rings (SSSR count). The van der Waals surface area contributed by atoms with Gasteiger partial charge in [-0.25, -0.2) is 4.99 Å². The zero-order valence-electron chi connectivity index (χ0n) is 9.70. The summed E-state index contributed by atoms with van der Waals surface area (Å²) in [6.07, 6.45) is 2.95. The molecule has 0 saturated heterocycles. The van der Waals surface area contributed by atoms with Gasteiger partial charge in [-0.05, 0) is 25.0 Å². The molecule has 0 aliphatic carbocycles. The molecule has 0 aromatic heterocycles. The second-order valence-electron chi connectivity index (χ2n) is 4.44. The Bertz CT molecular complexity index is 570. The van der Waals surface area contributed by atoms with Crippen molar-refractivity contribution in [2.24, 2.45) is 4.99 Å². The molecule has 1 aromatic rings. The minimum atomic E-state index is 0.509. The monoisotopic (exact) mass is 244 g/mol. The first kappa shape index (κ1) is 10.6. The first-order valence-electron chi connectivity index (χ1n) is 5.67. The van der Waals surface area contributed by atoms with Crippen molar-refractivity contribution in [1.82, 2.24) is 4.90 Å². The van der Waals surface area contributed by atoms with Crippen molar-refractivity contribution in [3.05, 3.63) is 53.4 Å². The molecule has 17 heavy (non-hydrogen) atoms. The average molecular weight is 245 g/mol. The highest BCUT2D eigenvalue weighted by Crippen LogP contribution is 2.34. The highest BCUT2D eigenvalue weighted by Gasteiger charge is 2.25. The molecule has 0 fully saturated rings. The van der Waals surface area contributed by atoms with Gasteiger partial charge in [0.2, 0.25) is 0 Å². The number of halogens is 1. The van der Waals surface area contributed by atoms with Crippen LogP contribution in [0.4, 0.5) is 0 Å². The molecule has 0 spiro atoms. The van der Waals surface area contributed by atoms with Gasteiger partial charge < -0.3 is 4.90 Å². The Morgan fingerprint density at radius 3 is 3.06 bits per heavy atom. The lowest BCUT2D eigenvalue weighted by Gasteiger charge is -2.35. The zero-order chi connectivity index (χ0) is 12.0. The van der Waals surface area contributed by atoms with Gasteiger partial charge in [0.05, 0.1) is 5.70 Å². The van der Waals surface area contributed by atoms with Gasteiger partial charge in [0.15, 0.2) is 0 Å². The summed E-state index contributed by atoms with van der Waals surface area (Å²) in [7, 11) is 0. The number of aryl methyl sites for hydroxylation is 1. The van der Waals surface area contributed by atoms with Gasteiger partial charge in [-0.2, -0.15) is 0 Å². The number of benzene rings is 1. The van der Waals surface area contributed by atoms with E-state index in [1.54, 1.807) is 0 Å². The summed E-state index contributed by atoms with van der Waals surface area (Å²) >= 11 is 6.02. The predicted octanol–water partition coefficient (Wildman–Crippen LogP) is 3.32. The van der Waals surface area contributed by atoms with Gasteiger partial charge in [0, 0.05) is 12.1 Å². The van der Waals surface area contributed by atoms with Gasteiger partial charge in [-0.1, -0.05) is 41.9 Å². The molecule has 0 saturated carbocycles. The molecule has 86 valence electrons. The quantitative estimate of drug-likeness (QED) is 0.684. The van der Waals surface area contributed by atoms with Crippen molar-refractivity contribution in [3.63, 3.8) is 0 Å². The summed E-state index contributed by atoms with van der Waals surface area (Å²) in [6.45, 7) is 7.00. The predicted molar refractivity (Wildman–Crippen MR) is 72.0 cm³/mol. The van der Waals surface area contributed by atoms with Crippen LogP contribution in [0.2, 0.25) is 0 Å². The van der Waals surface area contributed by atoms with Crippen LogP contribution >= 0.6 is 11.6 Å². The van der Waals surface area contributed by atoms with E-state index < -0.39 is 0 Å². The fourth-order valence-electron chi connectivity index (χ4n) is 2.43. The fourth-order valence-corrected chi connectivity index (χ4v) is 2.63. The Kier molecular flexibility index (Phi) is 2.33. The third-order valence-corrected chi connectivity index (χ3v) is 3.43. The molecule has 3 heteroatoms. The first-order valence-corrected chi connectivity index (χ1v) is 6.05. The van der Waals surface area contributed by atoms with Gasteiger partial charge in [0.25, 0.3) is 0 Å². The Balaban J connectivity index is 2.17. The number of hydrogen-bond donors (Lipinski definition) is 0. The Labute approximate surface area is 106 Å². The lowest BCUT2D eigenvalue weighted by Crippen LogP contribution is -2.30. The summed E-state index contributed by atoms with van der Waals surface area (Å²) in [6, 6.07) is 6.53. The zero-order valence-corrected chi connectivity index (χ0v) is 10.5. The summed E-state index contributed by atoms with van der Waals surface area (Å²) in [5.74, 6) is 0.735. The van der Waals surface area contributed by atoms with Crippen LogP contribution in [0.25, 0.3) is 5.70 Å². The van der Waals surface area contributed by atoms with E-state index in [0.717, 1.165) is 24.5 Å². The maximum absolute atomic E-state index is 6.02. The minimum absolute atomic E-state index is 0.509. The Morgan fingerprint density at radius 1 is 1.41 bits per heavy atom. The summed E-state index contributed by atoms with van der Waals surface area (Å²) < 4.78 is 0. The number of allylic oxidation sites excluding steroid dienone is 1. The van der Waals surface area contributed by atoms with Gasteiger partial charge in [0.1, 0.15) is 11.0 Å². The van der Waals surface area contributed by atoms with E-state index in [2.05, 4.69) is 41.6 Å². The average Bonchev–Trinajstić information content (AvgIpc) is 2.27. The Hall–Kier alpha value is -1.54. The van der Waals surface area contributed by atoms with E-state index >= 15 is 0 Å². The fraction of sp³-hybridized carbons (Fsp3) is 0.214. The number of rotatable bonds is 0. The van der Waals surface area contributed by atoms with E-state index in [-0.39, 0.29) is 0 Å². The van der Waals surface area contributed by atoms with Crippen LogP contribution in [0.5, 0.6) is 0 Å². The normalized spacial score (nSPS) is 18.2. The summed E-state index contributed by atoms with van der Waals surface area (Å²) in [4.78, 5) is 6.32. The molecule has 2 aliphatic heterocycles. The smallest absolute Gasteiger partial charge is 0.133 e.